The molecule has 5 heteroatoms. The molecule has 0 bridgehead atoms. The van der Waals surface area contributed by atoms with Gasteiger partial charge in [0.25, 0.3) is 0 Å². The highest BCUT2D eigenvalue weighted by Crippen LogP contribution is 2.33. The van der Waals surface area contributed by atoms with Crippen LogP contribution in [0.5, 0.6) is 0 Å². The van der Waals surface area contributed by atoms with Crippen molar-refractivity contribution in [3.05, 3.63) is 52.2 Å². The van der Waals surface area contributed by atoms with E-state index >= 15 is 0 Å². The normalized spacial score (nSPS) is 11.7. The zero-order chi connectivity index (χ0) is 13.0. The highest BCUT2D eigenvalue weighted by molar-refractivity contribution is 7.09. The van der Waals surface area contributed by atoms with E-state index in [0.29, 0.717) is 12.0 Å². The number of rotatable bonds is 5. The fourth-order valence-corrected chi connectivity index (χ4v) is 3.41. The minimum absolute atomic E-state index is 0.261. The number of hydrogen-bond acceptors (Lipinski definition) is 2. The Labute approximate surface area is 120 Å². The highest BCUT2D eigenvalue weighted by Gasteiger charge is 2.34. The fourth-order valence-electron chi connectivity index (χ4n) is 1.89. The van der Waals surface area contributed by atoms with Crippen LogP contribution in [0.2, 0.25) is 0 Å². The van der Waals surface area contributed by atoms with Gasteiger partial charge in [-0.15, -0.1) is 34.5 Å². The predicted octanol–water partition coefficient (Wildman–Crippen LogP) is 4.24. The van der Waals surface area contributed by atoms with Crippen molar-refractivity contribution >= 4 is 34.5 Å². The Morgan fingerprint density at radius 3 is 2.50 bits per heavy atom. The molecule has 0 spiro atoms. The van der Waals surface area contributed by atoms with E-state index in [2.05, 4.69) is 4.98 Å². The van der Waals surface area contributed by atoms with Gasteiger partial charge in [-0.25, -0.2) is 9.37 Å². The molecule has 1 aromatic carbocycles. The van der Waals surface area contributed by atoms with Crippen LogP contribution in [0, 0.1) is 5.82 Å². The fraction of sp³-hybridized carbons (Fsp3) is 0.308. The van der Waals surface area contributed by atoms with E-state index in [1.807, 2.05) is 5.38 Å². The third-order valence-corrected chi connectivity index (χ3v) is 4.73. The van der Waals surface area contributed by atoms with Crippen molar-refractivity contribution in [1.82, 2.24) is 4.98 Å². The molecule has 1 nitrogen and oxygen atoms in total. The van der Waals surface area contributed by atoms with Crippen LogP contribution in [0.25, 0.3) is 0 Å². The monoisotopic (exact) mass is 303 g/mol. The second-order valence-corrected chi connectivity index (χ2v) is 5.64. The molecule has 1 aromatic heterocycles. The van der Waals surface area contributed by atoms with Crippen molar-refractivity contribution in [1.29, 1.82) is 0 Å². The first-order valence-corrected chi connectivity index (χ1v) is 7.42. The van der Waals surface area contributed by atoms with Crippen LogP contribution in [-0.2, 0) is 11.8 Å². The van der Waals surface area contributed by atoms with Crippen molar-refractivity contribution in [2.75, 3.05) is 11.8 Å². The third-order valence-electron chi connectivity index (χ3n) is 2.93. The first kappa shape index (κ1) is 13.8. The first-order valence-electron chi connectivity index (χ1n) is 5.47. The van der Waals surface area contributed by atoms with Gasteiger partial charge in [0.2, 0.25) is 0 Å². The molecule has 0 fully saturated rings. The minimum Gasteiger partial charge on any atom is -0.250 e. The molecular weight excluding hydrogens is 292 g/mol. The summed E-state index contributed by atoms with van der Waals surface area (Å²) in [6.45, 7) is 0. The standard InChI is InChI=1S/C13H12Cl2FNS/c14-8-13(9-15,7-12-17-5-6-18-12)10-3-1-2-4-11(10)16/h1-6H,7-9H2. The Balaban J connectivity index is 2.40. The smallest absolute Gasteiger partial charge is 0.127 e. The number of thiazole rings is 1. The van der Waals surface area contributed by atoms with Crippen LogP contribution < -0.4 is 0 Å². The maximum atomic E-state index is 14.0. The van der Waals surface area contributed by atoms with Gasteiger partial charge in [-0.05, 0) is 11.6 Å². The van der Waals surface area contributed by atoms with Crippen LogP contribution in [0.1, 0.15) is 10.6 Å². The molecule has 0 amide bonds. The number of nitrogens with zero attached hydrogens (tertiary/aromatic N) is 1. The summed E-state index contributed by atoms with van der Waals surface area (Å²) in [6.07, 6.45) is 2.28. The SMILES string of the molecule is Fc1ccccc1C(CCl)(CCl)Cc1nccs1. The average Bonchev–Trinajstić information content (AvgIpc) is 2.90. The van der Waals surface area contributed by atoms with Gasteiger partial charge in [-0.3, -0.25) is 0 Å². The van der Waals surface area contributed by atoms with E-state index in [1.54, 1.807) is 24.4 Å². The molecule has 0 saturated carbocycles. The molecule has 1 heterocycles. The molecule has 0 aliphatic carbocycles. The molecule has 0 atom stereocenters. The van der Waals surface area contributed by atoms with Gasteiger partial charge in [0.1, 0.15) is 5.82 Å². The summed E-state index contributed by atoms with van der Waals surface area (Å²) in [5.74, 6) is 0.254. The second-order valence-electron chi connectivity index (χ2n) is 4.13. The summed E-state index contributed by atoms with van der Waals surface area (Å²) in [7, 11) is 0. The van der Waals surface area contributed by atoms with Gasteiger partial charge < -0.3 is 0 Å². The quantitative estimate of drug-likeness (QED) is 0.753. The van der Waals surface area contributed by atoms with Crippen molar-refractivity contribution in [2.24, 2.45) is 0 Å². The van der Waals surface area contributed by atoms with Crippen molar-refractivity contribution in [3.8, 4) is 0 Å². The number of alkyl halides is 2. The summed E-state index contributed by atoms with van der Waals surface area (Å²) < 4.78 is 14.0. The number of aromatic nitrogens is 1. The molecule has 0 aliphatic heterocycles. The molecular formula is C13H12Cl2FNS. The van der Waals surface area contributed by atoms with E-state index in [9.17, 15) is 4.39 Å². The second kappa shape index (κ2) is 6.00. The topological polar surface area (TPSA) is 12.9 Å². The lowest BCUT2D eigenvalue weighted by atomic mass is 9.81. The largest absolute Gasteiger partial charge is 0.250 e. The van der Waals surface area contributed by atoms with E-state index in [-0.39, 0.29) is 17.6 Å². The van der Waals surface area contributed by atoms with E-state index in [4.69, 9.17) is 23.2 Å². The third kappa shape index (κ3) is 2.68. The van der Waals surface area contributed by atoms with Crippen LogP contribution in [0.3, 0.4) is 0 Å². The van der Waals surface area contributed by atoms with Crippen molar-refractivity contribution < 1.29 is 4.39 Å². The van der Waals surface area contributed by atoms with Gasteiger partial charge in [-0.1, -0.05) is 18.2 Å². The van der Waals surface area contributed by atoms with Gasteiger partial charge in [0.15, 0.2) is 0 Å². The van der Waals surface area contributed by atoms with E-state index in [1.165, 1.54) is 17.4 Å². The summed E-state index contributed by atoms with van der Waals surface area (Å²) >= 11 is 13.7. The average molecular weight is 304 g/mol. The molecule has 0 N–H and O–H groups in total. The molecule has 96 valence electrons. The van der Waals surface area contributed by atoms with Crippen LogP contribution in [-0.4, -0.2) is 16.7 Å². The van der Waals surface area contributed by atoms with Gasteiger partial charge in [0, 0.05) is 35.2 Å². The molecule has 18 heavy (non-hydrogen) atoms. The lowest BCUT2D eigenvalue weighted by molar-refractivity contribution is 0.490. The molecule has 0 radical (unpaired) electrons. The van der Waals surface area contributed by atoms with Crippen LogP contribution in [0.15, 0.2) is 35.8 Å². The summed E-state index contributed by atoms with van der Waals surface area (Å²) in [5.41, 5.74) is -0.0445. The predicted molar refractivity (Wildman–Crippen MR) is 75.3 cm³/mol. The Hall–Kier alpha value is -0.640. The zero-order valence-electron chi connectivity index (χ0n) is 9.57. The van der Waals surface area contributed by atoms with E-state index < -0.39 is 5.41 Å². The minimum atomic E-state index is -0.605. The molecule has 0 saturated heterocycles. The van der Waals surface area contributed by atoms with Crippen LogP contribution >= 0.6 is 34.5 Å². The highest BCUT2D eigenvalue weighted by atomic mass is 35.5. The maximum absolute atomic E-state index is 14.0. The number of hydrogen-bond donors (Lipinski definition) is 0. The lowest BCUT2D eigenvalue weighted by Gasteiger charge is -2.29. The molecule has 0 unspecified atom stereocenters. The van der Waals surface area contributed by atoms with Gasteiger partial charge in [-0.2, -0.15) is 0 Å². The number of halogens is 3. The zero-order valence-corrected chi connectivity index (χ0v) is 11.9. The van der Waals surface area contributed by atoms with Crippen LogP contribution in [0.4, 0.5) is 4.39 Å². The summed E-state index contributed by atoms with van der Waals surface area (Å²) in [4.78, 5) is 4.23. The lowest BCUT2D eigenvalue weighted by Crippen LogP contribution is -2.34. The Morgan fingerprint density at radius 2 is 1.94 bits per heavy atom. The van der Waals surface area contributed by atoms with Crippen molar-refractivity contribution in [3.63, 3.8) is 0 Å². The van der Waals surface area contributed by atoms with Crippen molar-refractivity contribution in [2.45, 2.75) is 11.8 Å². The Morgan fingerprint density at radius 1 is 1.22 bits per heavy atom. The first-order chi connectivity index (χ1) is 8.72. The molecule has 2 rings (SSSR count). The summed E-state index contributed by atoms with van der Waals surface area (Å²) in [5, 5.41) is 2.81. The van der Waals surface area contributed by atoms with E-state index in [0.717, 1.165) is 5.01 Å². The summed E-state index contributed by atoms with van der Waals surface area (Å²) in [6, 6.07) is 6.64. The Bertz CT molecular complexity index is 497. The maximum Gasteiger partial charge on any atom is 0.127 e. The van der Waals surface area contributed by atoms with Gasteiger partial charge >= 0.3 is 0 Å². The number of benzene rings is 1. The molecule has 2 aromatic rings. The Kier molecular flexibility index (Phi) is 4.60. The molecule has 0 aliphatic rings. The van der Waals surface area contributed by atoms with Gasteiger partial charge in [0.05, 0.1) is 5.01 Å².